The van der Waals surface area contributed by atoms with Crippen LogP contribution in [0.4, 0.5) is 11.4 Å². The Hall–Kier alpha value is -2.01. The van der Waals surface area contributed by atoms with E-state index in [1.807, 2.05) is 0 Å². The predicted octanol–water partition coefficient (Wildman–Crippen LogP) is 2.30. The molecule has 4 nitrogen and oxygen atoms in total. The van der Waals surface area contributed by atoms with Crippen LogP contribution in [0.3, 0.4) is 0 Å². The van der Waals surface area contributed by atoms with E-state index in [1.165, 1.54) is 12.1 Å². The second-order valence-electron chi connectivity index (χ2n) is 4.48. The van der Waals surface area contributed by atoms with Crippen molar-refractivity contribution in [1.29, 1.82) is 0 Å². The standard InChI is InChI=1S/C14H16N2O2S/c1-9-5-3-7-11(13(9)15)19(17,18)12-8-4-6-10(2)14(12)16/h3-8H,15-16H2,1-2H3. The first-order valence-electron chi connectivity index (χ1n) is 5.81. The summed E-state index contributed by atoms with van der Waals surface area (Å²) in [6, 6.07) is 9.88. The third-order valence-corrected chi connectivity index (χ3v) is 5.02. The van der Waals surface area contributed by atoms with Gasteiger partial charge in [0.05, 0.1) is 21.2 Å². The summed E-state index contributed by atoms with van der Waals surface area (Å²) in [4.78, 5) is 0.203. The lowest BCUT2D eigenvalue weighted by molar-refractivity contribution is 0.596. The third kappa shape index (κ3) is 2.17. The molecule has 0 amide bonds. The molecule has 0 radical (unpaired) electrons. The van der Waals surface area contributed by atoms with Crippen molar-refractivity contribution in [3.05, 3.63) is 47.5 Å². The van der Waals surface area contributed by atoms with Gasteiger partial charge in [0.25, 0.3) is 0 Å². The van der Waals surface area contributed by atoms with Crippen molar-refractivity contribution in [3.8, 4) is 0 Å². The van der Waals surface area contributed by atoms with Gasteiger partial charge in [-0.2, -0.15) is 0 Å². The summed E-state index contributed by atoms with van der Waals surface area (Å²) in [6.45, 7) is 3.54. The molecule has 0 aromatic heterocycles. The van der Waals surface area contributed by atoms with Crippen molar-refractivity contribution < 1.29 is 8.42 Å². The summed E-state index contributed by atoms with van der Waals surface area (Å²) in [5.74, 6) is 0. The first kappa shape index (κ1) is 13.4. The Balaban J connectivity index is 2.73. The summed E-state index contributed by atoms with van der Waals surface area (Å²) in [5.41, 5.74) is 13.7. The Labute approximate surface area is 113 Å². The van der Waals surface area contributed by atoms with Crippen LogP contribution < -0.4 is 11.5 Å². The number of benzene rings is 2. The number of anilines is 2. The fraction of sp³-hybridized carbons (Fsp3) is 0.143. The molecule has 0 spiro atoms. The Morgan fingerprint density at radius 2 is 1.16 bits per heavy atom. The maximum Gasteiger partial charge on any atom is 0.210 e. The number of sulfone groups is 1. The maximum absolute atomic E-state index is 12.6. The summed E-state index contributed by atoms with van der Waals surface area (Å²) in [5, 5.41) is 0. The number of rotatable bonds is 2. The maximum atomic E-state index is 12.6. The molecule has 2 rings (SSSR count). The molecule has 0 bridgehead atoms. The summed E-state index contributed by atoms with van der Waals surface area (Å²) in [7, 11) is -3.70. The molecule has 100 valence electrons. The average molecular weight is 276 g/mol. The van der Waals surface area contributed by atoms with Gasteiger partial charge in [0.2, 0.25) is 9.84 Å². The largest absolute Gasteiger partial charge is 0.397 e. The van der Waals surface area contributed by atoms with E-state index in [1.54, 1.807) is 38.1 Å². The van der Waals surface area contributed by atoms with Gasteiger partial charge in [0.15, 0.2) is 0 Å². The molecule has 4 N–H and O–H groups in total. The van der Waals surface area contributed by atoms with Crippen LogP contribution in [0.1, 0.15) is 11.1 Å². The zero-order chi connectivity index (χ0) is 14.2. The molecular formula is C14H16N2O2S. The SMILES string of the molecule is Cc1cccc(S(=O)(=O)c2cccc(C)c2N)c1N. The van der Waals surface area contributed by atoms with Crippen LogP contribution in [0, 0.1) is 13.8 Å². The van der Waals surface area contributed by atoms with Crippen LogP contribution in [0.25, 0.3) is 0 Å². The minimum atomic E-state index is -3.70. The van der Waals surface area contributed by atoms with E-state index in [0.29, 0.717) is 0 Å². The summed E-state index contributed by atoms with van der Waals surface area (Å²) in [6.07, 6.45) is 0. The Morgan fingerprint density at radius 3 is 1.53 bits per heavy atom. The number of aryl methyl sites for hydroxylation is 2. The molecule has 0 saturated heterocycles. The molecule has 0 atom stereocenters. The number of hydrogen-bond donors (Lipinski definition) is 2. The molecule has 0 aliphatic heterocycles. The van der Waals surface area contributed by atoms with Crippen molar-refractivity contribution >= 4 is 21.2 Å². The first-order chi connectivity index (χ1) is 8.85. The van der Waals surface area contributed by atoms with E-state index in [0.717, 1.165) is 11.1 Å². The molecule has 0 aliphatic carbocycles. The van der Waals surface area contributed by atoms with Crippen LogP contribution in [0.15, 0.2) is 46.2 Å². The highest BCUT2D eigenvalue weighted by Gasteiger charge is 2.23. The molecule has 5 heteroatoms. The van der Waals surface area contributed by atoms with Gasteiger partial charge >= 0.3 is 0 Å². The van der Waals surface area contributed by atoms with Crippen molar-refractivity contribution in [2.45, 2.75) is 23.6 Å². The van der Waals surface area contributed by atoms with Gasteiger partial charge in [-0.1, -0.05) is 24.3 Å². The first-order valence-corrected chi connectivity index (χ1v) is 7.29. The van der Waals surface area contributed by atoms with Crippen molar-refractivity contribution in [2.24, 2.45) is 0 Å². The van der Waals surface area contributed by atoms with Crippen molar-refractivity contribution in [2.75, 3.05) is 11.5 Å². The van der Waals surface area contributed by atoms with Gasteiger partial charge in [-0.15, -0.1) is 0 Å². The van der Waals surface area contributed by atoms with Crippen molar-refractivity contribution in [1.82, 2.24) is 0 Å². The molecule has 0 heterocycles. The molecule has 19 heavy (non-hydrogen) atoms. The minimum absolute atomic E-state index is 0.102. The molecule has 0 saturated carbocycles. The van der Waals surface area contributed by atoms with Crippen LogP contribution in [-0.2, 0) is 9.84 Å². The Morgan fingerprint density at radius 1 is 0.789 bits per heavy atom. The van der Waals surface area contributed by atoms with Crippen LogP contribution in [0.2, 0.25) is 0 Å². The summed E-state index contributed by atoms with van der Waals surface area (Å²) < 4.78 is 25.2. The molecule has 0 aliphatic rings. The van der Waals surface area contributed by atoms with Gasteiger partial charge in [-0.05, 0) is 37.1 Å². The quantitative estimate of drug-likeness (QED) is 0.824. The monoisotopic (exact) mass is 276 g/mol. The molecular weight excluding hydrogens is 260 g/mol. The average Bonchev–Trinajstić information content (AvgIpc) is 2.35. The van der Waals surface area contributed by atoms with E-state index in [-0.39, 0.29) is 21.2 Å². The Bertz CT molecular complexity index is 680. The zero-order valence-corrected chi connectivity index (χ0v) is 11.7. The van der Waals surface area contributed by atoms with Gasteiger partial charge in [0.1, 0.15) is 0 Å². The lowest BCUT2D eigenvalue weighted by Crippen LogP contribution is -2.09. The lowest BCUT2D eigenvalue weighted by Gasteiger charge is -2.12. The van der Waals surface area contributed by atoms with E-state index >= 15 is 0 Å². The second-order valence-corrected chi connectivity index (χ2v) is 6.36. The fourth-order valence-corrected chi connectivity index (χ4v) is 3.55. The van der Waals surface area contributed by atoms with E-state index in [9.17, 15) is 8.42 Å². The highest BCUT2D eigenvalue weighted by atomic mass is 32.2. The van der Waals surface area contributed by atoms with Crippen LogP contribution >= 0.6 is 0 Å². The fourth-order valence-electron chi connectivity index (χ4n) is 1.89. The topological polar surface area (TPSA) is 86.2 Å². The van der Waals surface area contributed by atoms with Crippen LogP contribution in [0.5, 0.6) is 0 Å². The number of nitrogens with two attached hydrogens (primary N) is 2. The highest BCUT2D eigenvalue weighted by molar-refractivity contribution is 7.91. The number of nitrogen functional groups attached to an aromatic ring is 2. The predicted molar refractivity (Wildman–Crippen MR) is 76.6 cm³/mol. The Kier molecular flexibility index (Phi) is 3.24. The van der Waals surface area contributed by atoms with E-state index in [2.05, 4.69) is 0 Å². The molecule has 0 unspecified atom stereocenters. The van der Waals surface area contributed by atoms with Gasteiger partial charge in [-0.3, -0.25) is 0 Å². The van der Waals surface area contributed by atoms with Crippen molar-refractivity contribution in [3.63, 3.8) is 0 Å². The van der Waals surface area contributed by atoms with Gasteiger partial charge in [-0.25, -0.2) is 8.42 Å². The normalized spacial score (nSPS) is 11.5. The number of para-hydroxylation sites is 2. The minimum Gasteiger partial charge on any atom is -0.397 e. The lowest BCUT2D eigenvalue weighted by atomic mass is 10.2. The highest BCUT2D eigenvalue weighted by Crippen LogP contribution is 2.31. The molecule has 2 aromatic rings. The van der Waals surface area contributed by atoms with Gasteiger partial charge in [0, 0.05) is 0 Å². The van der Waals surface area contributed by atoms with E-state index < -0.39 is 9.84 Å². The summed E-state index contributed by atoms with van der Waals surface area (Å²) >= 11 is 0. The number of hydrogen-bond acceptors (Lipinski definition) is 4. The smallest absolute Gasteiger partial charge is 0.210 e. The van der Waals surface area contributed by atoms with Crippen LogP contribution in [-0.4, -0.2) is 8.42 Å². The molecule has 2 aromatic carbocycles. The third-order valence-electron chi connectivity index (χ3n) is 3.15. The van der Waals surface area contributed by atoms with E-state index in [4.69, 9.17) is 11.5 Å². The molecule has 0 fully saturated rings. The van der Waals surface area contributed by atoms with Gasteiger partial charge < -0.3 is 11.5 Å². The second kappa shape index (κ2) is 4.59. The zero-order valence-electron chi connectivity index (χ0n) is 10.8.